The molecule has 3 aromatic carbocycles. The van der Waals surface area contributed by atoms with Crippen molar-refractivity contribution < 1.29 is 4.74 Å². The van der Waals surface area contributed by atoms with Crippen LogP contribution in [0.3, 0.4) is 0 Å². The van der Waals surface area contributed by atoms with Crippen LogP contribution in [-0.4, -0.2) is 16.7 Å². The molecule has 2 aromatic heterocycles. The molecular weight excluding hydrogens is 344 g/mol. The molecule has 3 heteroatoms. The zero-order valence-corrected chi connectivity index (χ0v) is 15.7. The van der Waals surface area contributed by atoms with Crippen LogP contribution >= 0.6 is 0 Å². The standard InChI is InChI=1S/C25H20N2O/c1-28-23-14-8-13-21-24(23)26-16-20-15-22(19-11-6-3-7-12-19)27(25(20)21)17-18-9-4-2-5-10-18/h2-16H,17H2,1H3. The third kappa shape index (κ3) is 2.72. The summed E-state index contributed by atoms with van der Waals surface area (Å²) in [6.45, 7) is 0.797. The normalized spacial score (nSPS) is 11.2. The lowest BCUT2D eigenvalue weighted by molar-refractivity contribution is 0.419. The highest BCUT2D eigenvalue weighted by Crippen LogP contribution is 2.35. The van der Waals surface area contributed by atoms with Gasteiger partial charge in [0.2, 0.25) is 0 Å². The zero-order chi connectivity index (χ0) is 18.9. The largest absolute Gasteiger partial charge is 0.494 e. The smallest absolute Gasteiger partial charge is 0.145 e. The molecule has 5 aromatic rings. The number of ether oxygens (including phenoxy) is 1. The number of hydrogen-bond acceptors (Lipinski definition) is 2. The lowest BCUT2D eigenvalue weighted by Gasteiger charge is -2.13. The molecule has 0 aliphatic heterocycles. The highest BCUT2D eigenvalue weighted by Gasteiger charge is 2.16. The molecule has 0 aliphatic carbocycles. The van der Waals surface area contributed by atoms with Crippen LogP contribution in [0.1, 0.15) is 5.56 Å². The number of methoxy groups -OCH3 is 1. The minimum Gasteiger partial charge on any atom is -0.494 e. The first-order valence-corrected chi connectivity index (χ1v) is 9.39. The maximum absolute atomic E-state index is 5.55. The second kappa shape index (κ2) is 6.86. The van der Waals surface area contributed by atoms with Gasteiger partial charge in [-0.1, -0.05) is 72.8 Å². The molecule has 0 amide bonds. The van der Waals surface area contributed by atoms with Gasteiger partial charge < -0.3 is 9.30 Å². The summed E-state index contributed by atoms with van der Waals surface area (Å²) in [6, 6.07) is 29.5. The number of rotatable bonds is 4. The van der Waals surface area contributed by atoms with Crippen LogP contribution in [0.15, 0.2) is 91.1 Å². The van der Waals surface area contributed by atoms with Gasteiger partial charge in [0.1, 0.15) is 11.3 Å². The second-order valence-corrected chi connectivity index (χ2v) is 6.89. The van der Waals surface area contributed by atoms with Gasteiger partial charge in [0.05, 0.1) is 12.6 Å². The topological polar surface area (TPSA) is 27.1 Å². The fourth-order valence-electron chi connectivity index (χ4n) is 3.89. The molecule has 0 spiro atoms. The Morgan fingerprint density at radius 1 is 0.857 bits per heavy atom. The molecule has 0 unspecified atom stereocenters. The average Bonchev–Trinajstić information content (AvgIpc) is 3.13. The third-order valence-electron chi connectivity index (χ3n) is 5.19. The minimum atomic E-state index is 0.797. The van der Waals surface area contributed by atoms with Crippen LogP contribution in [0.4, 0.5) is 0 Å². The number of para-hydroxylation sites is 1. The predicted molar refractivity (Wildman–Crippen MR) is 115 cm³/mol. The quantitative estimate of drug-likeness (QED) is 0.396. The van der Waals surface area contributed by atoms with Crippen LogP contribution in [-0.2, 0) is 6.54 Å². The Morgan fingerprint density at radius 2 is 1.61 bits per heavy atom. The molecule has 0 saturated carbocycles. The van der Waals surface area contributed by atoms with Crippen molar-refractivity contribution in [3.8, 4) is 17.0 Å². The van der Waals surface area contributed by atoms with Crippen molar-refractivity contribution in [3.63, 3.8) is 0 Å². The summed E-state index contributed by atoms with van der Waals surface area (Å²) < 4.78 is 7.95. The third-order valence-corrected chi connectivity index (χ3v) is 5.19. The molecule has 136 valence electrons. The van der Waals surface area contributed by atoms with Crippen molar-refractivity contribution in [2.75, 3.05) is 7.11 Å². The van der Waals surface area contributed by atoms with Crippen molar-refractivity contribution in [2.45, 2.75) is 6.54 Å². The van der Waals surface area contributed by atoms with E-state index in [0.29, 0.717) is 0 Å². The van der Waals surface area contributed by atoms with Gasteiger partial charge in [0, 0.05) is 29.2 Å². The molecule has 2 heterocycles. The number of hydrogen-bond donors (Lipinski definition) is 0. The first-order chi connectivity index (χ1) is 13.8. The van der Waals surface area contributed by atoms with Crippen molar-refractivity contribution in [1.82, 2.24) is 9.55 Å². The Hall–Kier alpha value is -3.59. The van der Waals surface area contributed by atoms with Gasteiger partial charge in [0.15, 0.2) is 0 Å². The summed E-state index contributed by atoms with van der Waals surface area (Å²) in [6.07, 6.45) is 1.95. The summed E-state index contributed by atoms with van der Waals surface area (Å²) in [7, 11) is 1.69. The van der Waals surface area contributed by atoms with E-state index in [1.807, 2.05) is 18.3 Å². The lowest BCUT2D eigenvalue weighted by atomic mass is 10.1. The van der Waals surface area contributed by atoms with Crippen LogP contribution < -0.4 is 4.74 Å². The first kappa shape index (κ1) is 16.6. The molecule has 0 N–H and O–H groups in total. The van der Waals surface area contributed by atoms with E-state index < -0.39 is 0 Å². The summed E-state index contributed by atoms with van der Waals surface area (Å²) in [5.74, 6) is 0.799. The van der Waals surface area contributed by atoms with Crippen LogP contribution in [0, 0.1) is 0 Å². The molecular formula is C25H20N2O. The monoisotopic (exact) mass is 364 g/mol. The van der Waals surface area contributed by atoms with Gasteiger partial charge in [-0.3, -0.25) is 4.98 Å². The molecule has 3 nitrogen and oxygen atoms in total. The van der Waals surface area contributed by atoms with Crippen LogP contribution in [0.2, 0.25) is 0 Å². The Balaban J connectivity index is 1.84. The molecule has 0 atom stereocenters. The van der Waals surface area contributed by atoms with Gasteiger partial charge in [-0.2, -0.15) is 0 Å². The Bertz CT molecular complexity index is 1260. The van der Waals surface area contributed by atoms with Crippen molar-refractivity contribution in [3.05, 3.63) is 96.7 Å². The van der Waals surface area contributed by atoms with Gasteiger partial charge in [0.25, 0.3) is 0 Å². The van der Waals surface area contributed by atoms with Crippen LogP contribution in [0.25, 0.3) is 33.1 Å². The molecule has 0 saturated heterocycles. The van der Waals surface area contributed by atoms with E-state index in [4.69, 9.17) is 9.72 Å². The number of fused-ring (bicyclic) bond motifs is 3. The molecule has 0 radical (unpaired) electrons. The van der Waals surface area contributed by atoms with Crippen molar-refractivity contribution in [2.24, 2.45) is 0 Å². The van der Waals surface area contributed by atoms with E-state index in [2.05, 4.69) is 77.4 Å². The summed E-state index contributed by atoms with van der Waals surface area (Å²) in [4.78, 5) is 4.70. The molecule has 5 rings (SSSR count). The summed E-state index contributed by atoms with van der Waals surface area (Å²) in [5.41, 5.74) is 5.74. The van der Waals surface area contributed by atoms with E-state index in [0.717, 1.165) is 28.6 Å². The van der Waals surface area contributed by atoms with Gasteiger partial charge in [-0.25, -0.2) is 0 Å². The number of aromatic nitrogens is 2. The van der Waals surface area contributed by atoms with Crippen molar-refractivity contribution >= 4 is 21.8 Å². The average molecular weight is 364 g/mol. The highest BCUT2D eigenvalue weighted by molar-refractivity contribution is 6.07. The second-order valence-electron chi connectivity index (χ2n) is 6.89. The molecule has 0 bridgehead atoms. The van der Waals surface area contributed by atoms with Gasteiger partial charge in [-0.15, -0.1) is 0 Å². The van der Waals surface area contributed by atoms with E-state index in [1.165, 1.54) is 22.3 Å². The fourth-order valence-corrected chi connectivity index (χ4v) is 3.89. The maximum atomic E-state index is 5.55. The van der Waals surface area contributed by atoms with Gasteiger partial charge in [-0.05, 0) is 23.3 Å². The van der Waals surface area contributed by atoms with E-state index in [-0.39, 0.29) is 0 Å². The van der Waals surface area contributed by atoms with Crippen molar-refractivity contribution in [1.29, 1.82) is 0 Å². The fraction of sp³-hybridized carbons (Fsp3) is 0.0800. The lowest BCUT2D eigenvalue weighted by Crippen LogP contribution is -2.02. The van der Waals surface area contributed by atoms with E-state index >= 15 is 0 Å². The first-order valence-electron chi connectivity index (χ1n) is 9.39. The summed E-state index contributed by atoms with van der Waals surface area (Å²) in [5, 5.41) is 2.24. The Kier molecular flexibility index (Phi) is 4.06. The number of benzene rings is 3. The SMILES string of the molecule is COc1cccc2c1ncc1cc(-c3ccccc3)n(Cc3ccccc3)c12. The van der Waals surface area contributed by atoms with Crippen LogP contribution in [0.5, 0.6) is 5.75 Å². The zero-order valence-electron chi connectivity index (χ0n) is 15.7. The van der Waals surface area contributed by atoms with Gasteiger partial charge >= 0.3 is 0 Å². The van der Waals surface area contributed by atoms with E-state index in [9.17, 15) is 0 Å². The Labute approximate surface area is 163 Å². The molecule has 28 heavy (non-hydrogen) atoms. The predicted octanol–water partition coefficient (Wildman–Crippen LogP) is 5.91. The highest BCUT2D eigenvalue weighted by atomic mass is 16.5. The summed E-state index contributed by atoms with van der Waals surface area (Å²) >= 11 is 0. The molecule has 0 fully saturated rings. The maximum Gasteiger partial charge on any atom is 0.145 e. The Morgan fingerprint density at radius 3 is 2.36 bits per heavy atom. The number of nitrogens with zero attached hydrogens (tertiary/aromatic N) is 2. The molecule has 0 aliphatic rings. The minimum absolute atomic E-state index is 0.797. The number of pyridine rings is 1. The van der Waals surface area contributed by atoms with E-state index in [1.54, 1.807) is 7.11 Å².